The second-order valence-corrected chi connectivity index (χ2v) is 6.76. The van der Waals surface area contributed by atoms with Gasteiger partial charge in [0.1, 0.15) is 0 Å². The number of allylic oxidation sites excluding steroid dienone is 1. The molecule has 0 unspecified atom stereocenters. The fourth-order valence-electron chi connectivity index (χ4n) is 4.13. The third-order valence-electron chi connectivity index (χ3n) is 5.21. The number of rotatable bonds is 4. The Bertz CT molecular complexity index is 719. The highest BCUT2D eigenvalue weighted by molar-refractivity contribution is 5.84. The maximum atomic E-state index is 2.51. The SMILES string of the molecule is CCCCC1=Cc2c(cc3c(c2-c2ccccc2)CCC3)C1. The van der Waals surface area contributed by atoms with Crippen molar-refractivity contribution in [2.24, 2.45) is 0 Å². The Labute approximate surface area is 133 Å². The average Bonchev–Trinajstić information content (AvgIpc) is 3.17. The molecule has 0 aliphatic heterocycles. The summed E-state index contributed by atoms with van der Waals surface area (Å²) in [4.78, 5) is 0. The zero-order valence-corrected chi connectivity index (χ0v) is 13.5. The molecule has 22 heavy (non-hydrogen) atoms. The summed E-state index contributed by atoms with van der Waals surface area (Å²) in [5.41, 5.74) is 10.9. The number of hydrogen-bond donors (Lipinski definition) is 0. The molecule has 112 valence electrons. The van der Waals surface area contributed by atoms with E-state index in [1.54, 1.807) is 22.3 Å². The predicted octanol–water partition coefficient (Wildman–Crippen LogP) is 5.97. The Morgan fingerprint density at radius 2 is 1.86 bits per heavy atom. The first-order valence-corrected chi connectivity index (χ1v) is 8.79. The van der Waals surface area contributed by atoms with E-state index in [1.807, 2.05) is 0 Å². The largest absolute Gasteiger partial charge is 0.0654 e. The monoisotopic (exact) mass is 288 g/mol. The molecule has 0 heterocycles. The van der Waals surface area contributed by atoms with Gasteiger partial charge in [-0.25, -0.2) is 0 Å². The molecule has 0 N–H and O–H groups in total. The lowest BCUT2D eigenvalue weighted by atomic mass is 9.90. The molecule has 0 saturated carbocycles. The van der Waals surface area contributed by atoms with Crippen LogP contribution in [-0.2, 0) is 19.3 Å². The van der Waals surface area contributed by atoms with Crippen molar-refractivity contribution in [3.63, 3.8) is 0 Å². The van der Waals surface area contributed by atoms with Gasteiger partial charge < -0.3 is 0 Å². The number of fused-ring (bicyclic) bond motifs is 2. The average molecular weight is 288 g/mol. The van der Waals surface area contributed by atoms with Crippen molar-refractivity contribution in [1.82, 2.24) is 0 Å². The van der Waals surface area contributed by atoms with Crippen LogP contribution in [0.5, 0.6) is 0 Å². The molecule has 2 aromatic carbocycles. The minimum atomic E-state index is 1.18. The molecule has 0 bridgehead atoms. The Balaban J connectivity index is 1.85. The van der Waals surface area contributed by atoms with E-state index in [0.717, 1.165) is 0 Å². The van der Waals surface area contributed by atoms with Crippen LogP contribution in [0, 0.1) is 0 Å². The van der Waals surface area contributed by atoms with Crippen LogP contribution in [-0.4, -0.2) is 0 Å². The molecule has 0 atom stereocenters. The quantitative estimate of drug-likeness (QED) is 0.650. The van der Waals surface area contributed by atoms with Gasteiger partial charge in [0, 0.05) is 0 Å². The lowest BCUT2D eigenvalue weighted by molar-refractivity contribution is 0.779. The summed E-state index contributed by atoms with van der Waals surface area (Å²) in [7, 11) is 0. The Kier molecular flexibility index (Phi) is 3.62. The van der Waals surface area contributed by atoms with Crippen molar-refractivity contribution in [2.75, 3.05) is 0 Å². The fraction of sp³-hybridized carbons (Fsp3) is 0.364. The molecule has 4 rings (SSSR count). The summed E-state index contributed by atoms with van der Waals surface area (Å²) in [5.74, 6) is 0. The molecule has 0 heteroatoms. The number of hydrogen-bond acceptors (Lipinski definition) is 0. The highest BCUT2D eigenvalue weighted by Gasteiger charge is 2.24. The molecule has 0 aromatic heterocycles. The second-order valence-electron chi connectivity index (χ2n) is 6.76. The molecular formula is C22H24. The van der Waals surface area contributed by atoms with E-state index in [9.17, 15) is 0 Å². The van der Waals surface area contributed by atoms with Crippen LogP contribution in [0.25, 0.3) is 17.2 Å². The molecule has 0 radical (unpaired) electrons. The normalized spacial score (nSPS) is 15.6. The van der Waals surface area contributed by atoms with E-state index in [-0.39, 0.29) is 0 Å². The first-order chi connectivity index (χ1) is 10.9. The molecule has 2 aromatic rings. The van der Waals surface area contributed by atoms with Gasteiger partial charge in [0.2, 0.25) is 0 Å². The highest BCUT2D eigenvalue weighted by atomic mass is 14.3. The van der Waals surface area contributed by atoms with Crippen molar-refractivity contribution in [3.8, 4) is 11.1 Å². The summed E-state index contributed by atoms with van der Waals surface area (Å²) in [6, 6.07) is 13.5. The lowest BCUT2D eigenvalue weighted by Gasteiger charge is -2.14. The van der Waals surface area contributed by atoms with Gasteiger partial charge in [-0.3, -0.25) is 0 Å². The van der Waals surface area contributed by atoms with E-state index in [2.05, 4.69) is 49.4 Å². The summed E-state index contributed by atoms with van der Waals surface area (Å²) in [6.45, 7) is 2.28. The first-order valence-electron chi connectivity index (χ1n) is 8.79. The first kappa shape index (κ1) is 13.8. The lowest BCUT2D eigenvalue weighted by Crippen LogP contribution is -1.96. The van der Waals surface area contributed by atoms with Gasteiger partial charge in [-0.1, -0.05) is 61.4 Å². The summed E-state index contributed by atoms with van der Waals surface area (Å²) in [6.07, 6.45) is 11.4. The van der Waals surface area contributed by atoms with Crippen LogP contribution >= 0.6 is 0 Å². The molecule has 0 spiro atoms. The molecule has 0 saturated heterocycles. The van der Waals surface area contributed by atoms with Crippen molar-refractivity contribution in [2.45, 2.75) is 51.9 Å². The van der Waals surface area contributed by atoms with E-state index in [4.69, 9.17) is 0 Å². The van der Waals surface area contributed by atoms with Crippen molar-refractivity contribution in [3.05, 3.63) is 64.2 Å². The standard InChI is InChI=1S/C22H24/c1-2-3-8-16-13-19-15-18-11-7-12-20(18)22(21(19)14-16)17-9-5-4-6-10-17/h4-6,9-10,14-15H,2-3,7-8,11-13H2,1H3. The third-order valence-corrected chi connectivity index (χ3v) is 5.21. The van der Waals surface area contributed by atoms with Crippen LogP contribution < -0.4 is 0 Å². The van der Waals surface area contributed by atoms with Gasteiger partial charge in [0.25, 0.3) is 0 Å². The zero-order valence-electron chi connectivity index (χ0n) is 13.5. The maximum Gasteiger partial charge on any atom is -0.00575 e. The molecule has 2 aliphatic rings. The summed E-state index contributed by atoms with van der Waals surface area (Å²) in [5, 5.41) is 0. The topological polar surface area (TPSA) is 0 Å². The Hall–Kier alpha value is -1.82. The smallest absolute Gasteiger partial charge is 0.00575 e. The minimum absolute atomic E-state index is 1.18. The van der Waals surface area contributed by atoms with E-state index in [0.29, 0.717) is 0 Å². The van der Waals surface area contributed by atoms with E-state index in [1.165, 1.54) is 61.6 Å². The third kappa shape index (κ3) is 2.31. The van der Waals surface area contributed by atoms with Gasteiger partial charge in [-0.15, -0.1) is 0 Å². The van der Waals surface area contributed by atoms with Gasteiger partial charge in [-0.05, 0) is 71.9 Å². The van der Waals surface area contributed by atoms with Crippen LogP contribution in [0.15, 0.2) is 42.0 Å². The van der Waals surface area contributed by atoms with Gasteiger partial charge in [-0.2, -0.15) is 0 Å². The molecule has 2 aliphatic carbocycles. The number of benzene rings is 2. The molecular weight excluding hydrogens is 264 g/mol. The number of unbranched alkanes of at least 4 members (excludes halogenated alkanes) is 1. The second kappa shape index (κ2) is 5.76. The molecule has 0 fully saturated rings. The van der Waals surface area contributed by atoms with Gasteiger partial charge in [0.15, 0.2) is 0 Å². The van der Waals surface area contributed by atoms with Crippen LogP contribution in [0.3, 0.4) is 0 Å². The van der Waals surface area contributed by atoms with E-state index < -0.39 is 0 Å². The van der Waals surface area contributed by atoms with Gasteiger partial charge >= 0.3 is 0 Å². The van der Waals surface area contributed by atoms with Crippen molar-refractivity contribution >= 4 is 6.08 Å². The summed E-state index contributed by atoms with van der Waals surface area (Å²) >= 11 is 0. The Morgan fingerprint density at radius 3 is 2.68 bits per heavy atom. The Morgan fingerprint density at radius 1 is 1.00 bits per heavy atom. The fourth-order valence-corrected chi connectivity index (χ4v) is 4.13. The number of aryl methyl sites for hydroxylation is 1. The van der Waals surface area contributed by atoms with Crippen LogP contribution in [0.1, 0.15) is 54.9 Å². The minimum Gasteiger partial charge on any atom is -0.0654 e. The highest BCUT2D eigenvalue weighted by Crippen LogP contribution is 2.42. The zero-order chi connectivity index (χ0) is 14.9. The predicted molar refractivity (Wildman–Crippen MR) is 95.1 cm³/mol. The van der Waals surface area contributed by atoms with Gasteiger partial charge in [0.05, 0.1) is 0 Å². The van der Waals surface area contributed by atoms with Crippen LogP contribution in [0.2, 0.25) is 0 Å². The van der Waals surface area contributed by atoms with E-state index >= 15 is 0 Å². The summed E-state index contributed by atoms with van der Waals surface area (Å²) < 4.78 is 0. The van der Waals surface area contributed by atoms with Crippen LogP contribution in [0.4, 0.5) is 0 Å². The molecule has 0 nitrogen and oxygen atoms in total. The van der Waals surface area contributed by atoms with Crippen molar-refractivity contribution in [1.29, 1.82) is 0 Å². The maximum absolute atomic E-state index is 2.51. The molecule has 0 amide bonds. The van der Waals surface area contributed by atoms with Crippen molar-refractivity contribution < 1.29 is 0 Å².